The fourth-order valence-corrected chi connectivity index (χ4v) is 5.88. The fraction of sp³-hybridized carbons (Fsp3) is 0.630. The summed E-state index contributed by atoms with van der Waals surface area (Å²) in [5.74, 6) is 1.63. The summed E-state index contributed by atoms with van der Waals surface area (Å²) in [6.07, 6.45) is 13.3. The van der Waals surface area contributed by atoms with Crippen molar-refractivity contribution in [3.8, 4) is 0 Å². The van der Waals surface area contributed by atoms with Crippen molar-refractivity contribution >= 4 is 17.5 Å². The highest BCUT2D eigenvalue weighted by Gasteiger charge is 2.38. The quantitative estimate of drug-likeness (QED) is 0.650. The number of aromatic nitrogens is 1. The average molecular weight is 471 g/mol. The van der Waals surface area contributed by atoms with Crippen molar-refractivity contribution in [1.82, 2.24) is 20.1 Å². The van der Waals surface area contributed by atoms with E-state index in [2.05, 4.69) is 53.2 Å². The molecular weight excluding hydrogens is 432 g/mol. The molecule has 1 aromatic rings. The van der Waals surface area contributed by atoms with Crippen molar-refractivity contribution in [2.75, 3.05) is 32.7 Å². The average Bonchev–Trinajstić information content (AvgIpc) is 3.05. The minimum Gasteiger partial charge on any atom is -0.337 e. The van der Waals surface area contributed by atoms with Crippen LogP contribution in [0.3, 0.4) is 0 Å². The molecule has 0 aromatic carbocycles. The zero-order chi connectivity index (χ0) is 23.2. The Bertz CT molecular complexity index is 834. The van der Waals surface area contributed by atoms with Crippen LogP contribution in [0.1, 0.15) is 57.7 Å². The summed E-state index contributed by atoms with van der Waals surface area (Å²) in [5.41, 5.74) is 1.11. The Morgan fingerprint density at radius 2 is 2.03 bits per heavy atom. The molecule has 1 amide bonds. The van der Waals surface area contributed by atoms with E-state index in [1.165, 1.54) is 0 Å². The highest BCUT2D eigenvalue weighted by Crippen LogP contribution is 2.36. The van der Waals surface area contributed by atoms with E-state index in [-0.39, 0.29) is 12.1 Å². The number of piperidine rings is 1. The number of halogens is 1. The Kier molecular flexibility index (Phi) is 8.61. The molecular formula is C27H39ClN4O. The van der Waals surface area contributed by atoms with Gasteiger partial charge in [-0.25, -0.2) is 0 Å². The lowest BCUT2D eigenvalue weighted by atomic mass is 9.88. The minimum atomic E-state index is 0.196. The largest absolute Gasteiger partial charge is 0.337 e. The maximum atomic E-state index is 13.4. The van der Waals surface area contributed by atoms with E-state index < -0.39 is 0 Å². The molecule has 5 nitrogen and oxygen atoms in total. The number of allylic oxidation sites excluding steroid dienone is 3. The predicted molar refractivity (Wildman–Crippen MR) is 135 cm³/mol. The molecule has 1 N–H and O–H groups in total. The summed E-state index contributed by atoms with van der Waals surface area (Å²) in [7, 11) is 0. The first kappa shape index (κ1) is 24.4. The molecule has 3 unspecified atom stereocenters. The molecule has 3 heterocycles. The fourth-order valence-electron chi connectivity index (χ4n) is 5.70. The van der Waals surface area contributed by atoms with Gasteiger partial charge in [0.25, 0.3) is 0 Å². The lowest BCUT2D eigenvalue weighted by molar-refractivity contribution is -0.139. The Hall–Kier alpha value is -1.69. The molecule has 2 saturated heterocycles. The molecule has 6 heteroatoms. The number of nitrogens with one attached hydrogen (secondary N) is 1. The first-order valence-corrected chi connectivity index (χ1v) is 13.1. The summed E-state index contributed by atoms with van der Waals surface area (Å²) >= 11 is 6.32. The number of carbonyl (C=O) groups is 1. The maximum absolute atomic E-state index is 13.4. The van der Waals surface area contributed by atoms with E-state index in [1.807, 2.05) is 18.3 Å². The van der Waals surface area contributed by atoms with Gasteiger partial charge in [-0.2, -0.15) is 0 Å². The maximum Gasteiger partial charge on any atom is 0.223 e. The number of hydrogen-bond donors (Lipinski definition) is 1. The molecule has 0 spiro atoms. The van der Waals surface area contributed by atoms with Crippen molar-refractivity contribution in [2.45, 2.75) is 58.0 Å². The second kappa shape index (κ2) is 11.6. The monoisotopic (exact) mass is 470 g/mol. The van der Waals surface area contributed by atoms with Gasteiger partial charge in [-0.05, 0) is 74.7 Å². The molecule has 33 heavy (non-hydrogen) atoms. The Balaban J connectivity index is 1.52. The summed E-state index contributed by atoms with van der Waals surface area (Å²) in [6.45, 7) is 9.16. The van der Waals surface area contributed by atoms with E-state index in [0.29, 0.717) is 30.1 Å². The molecule has 1 aromatic heterocycles. The number of piperazine rings is 1. The highest BCUT2D eigenvalue weighted by molar-refractivity contribution is 6.31. The molecule has 0 saturated carbocycles. The smallest absolute Gasteiger partial charge is 0.223 e. The van der Waals surface area contributed by atoms with Crippen molar-refractivity contribution in [3.05, 3.63) is 53.4 Å². The van der Waals surface area contributed by atoms with Crippen LogP contribution >= 0.6 is 11.6 Å². The van der Waals surface area contributed by atoms with Crippen LogP contribution in [0.2, 0.25) is 0 Å². The second-order valence-electron chi connectivity index (χ2n) is 10.2. The molecule has 3 aliphatic rings. The molecule has 4 rings (SSSR count). The normalized spacial score (nSPS) is 26.2. The molecule has 0 bridgehead atoms. The zero-order valence-electron chi connectivity index (χ0n) is 20.1. The highest BCUT2D eigenvalue weighted by atomic mass is 35.5. The van der Waals surface area contributed by atoms with Gasteiger partial charge in [-0.3, -0.25) is 14.7 Å². The van der Waals surface area contributed by atoms with Gasteiger partial charge in [-0.15, -0.1) is 0 Å². The summed E-state index contributed by atoms with van der Waals surface area (Å²) in [5, 5.41) is 4.24. The topological polar surface area (TPSA) is 48.5 Å². The summed E-state index contributed by atoms with van der Waals surface area (Å²) in [4.78, 5) is 22.9. The van der Waals surface area contributed by atoms with Gasteiger partial charge in [0, 0.05) is 43.3 Å². The Morgan fingerprint density at radius 3 is 2.76 bits per heavy atom. The van der Waals surface area contributed by atoms with Crippen LogP contribution in [0.4, 0.5) is 0 Å². The van der Waals surface area contributed by atoms with Crippen LogP contribution in [0, 0.1) is 17.8 Å². The lowest BCUT2D eigenvalue weighted by Gasteiger charge is -2.47. The number of amides is 1. The first-order valence-electron chi connectivity index (χ1n) is 12.7. The van der Waals surface area contributed by atoms with Crippen molar-refractivity contribution < 1.29 is 4.79 Å². The van der Waals surface area contributed by atoms with Crippen LogP contribution in [0.25, 0.3) is 0 Å². The molecule has 0 radical (unpaired) electrons. The first-order chi connectivity index (χ1) is 16.0. The third-order valence-corrected chi connectivity index (χ3v) is 7.87. The van der Waals surface area contributed by atoms with Crippen molar-refractivity contribution in [1.29, 1.82) is 0 Å². The number of rotatable bonds is 6. The standard InChI is InChI=1S/C27H39ClN4O/c1-20(2)25-19-31(16-17-32(25)26(33)18-21-11-14-29-15-12-21)27(24-8-3-4-13-30-24)22-6-5-7-23(28)10-9-22/h3-4,7-10,13,20-22,25,27,29H,5-6,11-12,14-19H2,1-2H3. The summed E-state index contributed by atoms with van der Waals surface area (Å²) < 4.78 is 0. The zero-order valence-corrected chi connectivity index (χ0v) is 20.9. The van der Waals surface area contributed by atoms with Gasteiger partial charge in [-0.1, -0.05) is 43.7 Å². The number of hydrogen-bond acceptors (Lipinski definition) is 4. The number of carbonyl (C=O) groups excluding carboxylic acids is 1. The Labute approximate surface area is 204 Å². The molecule has 2 fully saturated rings. The molecule has 180 valence electrons. The van der Waals surface area contributed by atoms with Crippen LogP contribution in [0.5, 0.6) is 0 Å². The molecule has 1 aliphatic carbocycles. The minimum absolute atomic E-state index is 0.196. The molecule has 3 atom stereocenters. The number of nitrogens with zero attached hydrogens (tertiary/aromatic N) is 3. The third-order valence-electron chi connectivity index (χ3n) is 7.59. The van der Waals surface area contributed by atoms with E-state index in [4.69, 9.17) is 16.6 Å². The van der Waals surface area contributed by atoms with Gasteiger partial charge in [0.1, 0.15) is 0 Å². The Morgan fingerprint density at radius 1 is 1.21 bits per heavy atom. The SMILES string of the molecule is CC(C)C1CN(C(c2ccccn2)C2C=CC(Cl)=CCC2)CCN1C(=O)CC1CCNCC1. The van der Waals surface area contributed by atoms with Gasteiger partial charge in [0.15, 0.2) is 0 Å². The summed E-state index contributed by atoms with van der Waals surface area (Å²) in [6, 6.07) is 6.64. The van der Waals surface area contributed by atoms with E-state index in [9.17, 15) is 4.79 Å². The van der Waals surface area contributed by atoms with E-state index >= 15 is 0 Å². The van der Waals surface area contributed by atoms with E-state index in [0.717, 1.165) is 69.1 Å². The van der Waals surface area contributed by atoms with E-state index in [1.54, 1.807) is 0 Å². The van der Waals surface area contributed by atoms with Crippen molar-refractivity contribution in [2.24, 2.45) is 17.8 Å². The second-order valence-corrected chi connectivity index (χ2v) is 10.6. The van der Waals surface area contributed by atoms with Crippen LogP contribution < -0.4 is 5.32 Å². The number of pyridine rings is 1. The predicted octanol–water partition coefficient (Wildman–Crippen LogP) is 4.77. The van der Waals surface area contributed by atoms with Gasteiger partial charge in [0.2, 0.25) is 5.91 Å². The van der Waals surface area contributed by atoms with Crippen LogP contribution in [-0.2, 0) is 4.79 Å². The van der Waals surface area contributed by atoms with Gasteiger partial charge < -0.3 is 10.2 Å². The van der Waals surface area contributed by atoms with Crippen LogP contribution in [-0.4, -0.2) is 59.5 Å². The lowest BCUT2D eigenvalue weighted by Crippen LogP contribution is -2.58. The third kappa shape index (κ3) is 6.26. The van der Waals surface area contributed by atoms with Crippen molar-refractivity contribution in [3.63, 3.8) is 0 Å². The van der Waals surface area contributed by atoms with Gasteiger partial charge in [0.05, 0.1) is 11.7 Å². The van der Waals surface area contributed by atoms with Crippen LogP contribution in [0.15, 0.2) is 47.7 Å². The molecule has 2 aliphatic heterocycles. The van der Waals surface area contributed by atoms with Gasteiger partial charge >= 0.3 is 0 Å².